The molecule has 90 valence electrons. The number of halogens is 1. The monoisotopic (exact) mass is 311 g/mol. The van der Waals surface area contributed by atoms with Gasteiger partial charge in [-0.05, 0) is 40.5 Å². The zero-order chi connectivity index (χ0) is 12.3. The SMILES string of the molecule is Cc1csc(CNCc2ccc(N)c(Br)c2)n1. The number of aromatic nitrogens is 1. The Labute approximate surface area is 113 Å². The van der Waals surface area contributed by atoms with Gasteiger partial charge in [0.05, 0.1) is 0 Å². The Morgan fingerprint density at radius 1 is 1.41 bits per heavy atom. The third-order valence-corrected chi connectivity index (χ3v) is 3.99. The molecule has 3 N–H and O–H groups in total. The first-order valence-electron chi connectivity index (χ1n) is 5.31. The van der Waals surface area contributed by atoms with Crippen molar-refractivity contribution < 1.29 is 0 Å². The van der Waals surface area contributed by atoms with Crippen LogP contribution < -0.4 is 11.1 Å². The molecule has 0 saturated carbocycles. The highest BCUT2D eigenvalue weighted by molar-refractivity contribution is 9.10. The van der Waals surface area contributed by atoms with Crippen LogP contribution in [0.25, 0.3) is 0 Å². The molecule has 2 rings (SSSR count). The van der Waals surface area contributed by atoms with Gasteiger partial charge in [-0.15, -0.1) is 11.3 Å². The standard InChI is InChI=1S/C12H14BrN3S/c1-8-7-17-12(16-8)6-15-5-9-2-3-11(14)10(13)4-9/h2-4,7,15H,5-6,14H2,1H3. The number of benzene rings is 1. The van der Waals surface area contributed by atoms with Crippen molar-refractivity contribution in [3.8, 4) is 0 Å². The van der Waals surface area contributed by atoms with Gasteiger partial charge in [0.1, 0.15) is 5.01 Å². The van der Waals surface area contributed by atoms with E-state index in [-0.39, 0.29) is 0 Å². The lowest BCUT2D eigenvalue weighted by Crippen LogP contribution is -2.12. The summed E-state index contributed by atoms with van der Waals surface area (Å²) in [7, 11) is 0. The van der Waals surface area contributed by atoms with Crippen LogP contribution in [0.1, 0.15) is 16.3 Å². The Morgan fingerprint density at radius 3 is 2.88 bits per heavy atom. The number of aryl methyl sites for hydroxylation is 1. The normalized spacial score (nSPS) is 10.7. The maximum Gasteiger partial charge on any atom is 0.107 e. The summed E-state index contributed by atoms with van der Waals surface area (Å²) >= 11 is 5.11. The zero-order valence-corrected chi connectivity index (χ0v) is 11.9. The van der Waals surface area contributed by atoms with Crippen molar-refractivity contribution >= 4 is 33.0 Å². The van der Waals surface area contributed by atoms with Crippen LogP contribution in [0.2, 0.25) is 0 Å². The number of rotatable bonds is 4. The fraction of sp³-hybridized carbons (Fsp3) is 0.250. The molecule has 0 spiro atoms. The van der Waals surface area contributed by atoms with Gasteiger partial charge in [0.15, 0.2) is 0 Å². The Morgan fingerprint density at radius 2 is 2.24 bits per heavy atom. The summed E-state index contributed by atoms with van der Waals surface area (Å²) in [6.45, 7) is 3.63. The quantitative estimate of drug-likeness (QED) is 0.853. The van der Waals surface area contributed by atoms with E-state index in [1.165, 1.54) is 5.56 Å². The Balaban J connectivity index is 1.87. The highest BCUT2D eigenvalue weighted by atomic mass is 79.9. The molecule has 17 heavy (non-hydrogen) atoms. The first-order chi connectivity index (χ1) is 8.15. The van der Waals surface area contributed by atoms with E-state index in [4.69, 9.17) is 5.73 Å². The van der Waals surface area contributed by atoms with Crippen molar-refractivity contribution in [1.29, 1.82) is 0 Å². The second-order valence-corrected chi connectivity index (χ2v) is 5.64. The largest absolute Gasteiger partial charge is 0.398 e. The maximum absolute atomic E-state index is 5.74. The van der Waals surface area contributed by atoms with E-state index in [0.717, 1.165) is 34.0 Å². The number of hydrogen-bond donors (Lipinski definition) is 2. The van der Waals surface area contributed by atoms with Crippen LogP contribution in [0.5, 0.6) is 0 Å². The summed E-state index contributed by atoms with van der Waals surface area (Å²) in [6.07, 6.45) is 0. The van der Waals surface area contributed by atoms with E-state index in [9.17, 15) is 0 Å². The molecule has 5 heteroatoms. The van der Waals surface area contributed by atoms with Gasteiger partial charge in [-0.3, -0.25) is 0 Å². The molecule has 2 aromatic rings. The Hall–Kier alpha value is -0.910. The molecule has 1 heterocycles. The number of anilines is 1. The molecule has 0 aliphatic rings. The van der Waals surface area contributed by atoms with Crippen molar-refractivity contribution in [1.82, 2.24) is 10.3 Å². The number of nitrogen functional groups attached to an aromatic ring is 1. The number of thiazole rings is 1. The lowest BCUT2D eigenvalue weighted by molar-refractivity contribution is 0.689. The van der Waals surface area contributed by atoms with Gasteiger partial charge in [0.25, 0.3) is 0 Å². The average molecular weight is 312 g/mol. The van der Waals surface area contributed by atoms with E-state index < -0.39 is 0 Å². The molecule has 1 aromatic carbocycles. The average Bonchev–Trinajstić information content (AvgIpc) is 2.70. The molecule has 0 aliphatic carbocycles. The number of nitrogens with two attached hydrogens (primary N) is 1. The molecule has 0 unspecified atom stereocenters. The van der Waals surface area contributed by atoms with E-state index >= 15 is 0 Å². The molecule has 1 aromatic heterocycles. The van der Waals surface area contributed by atoms with Crippen molar-refractivity contribution in [3.05, 3.63) is 44.3 Å². The van der Waals surface area contributed by atoms with Crippen LogP contribution in [-0.4, -0.2) is 4.98 Å². The minimum absolute atomic E-state index is 0.768. The van der Waals surface area contributed by atoms with Crippen molar-refractivity contribution in [3.63, 3.8) is 0 Å². The predicted octanol–water partition coefficient (Wildman–Crippen LogP) is 3.09. The first-order valence-corrected chi connectivity index (χ1v) is 6.98. The van der Waals surface area contributed by atoms with Crippen molar-refractivity contribution in [2.45, 2.75) is 20.0 Å². The number of nitrogens with one attached hydrogen (secondary N) is 1. The van der Waals surface area contributed by atoms with E-state index in [1.54, 1.807) is 11.3 Å². The summed E-state index contributed by atoms with van der Waals surface area (Å²) in [4.78, 5) is 4.40. The van der Waals surface area contributed by atoms with E-state index in [2.05, 4.69) is 31.6 Å². The van der Waals surface area contributed by atoms with Crippen molar-refractivity contribution in [2.24, 2.45) is 0 Å². The molecule has 0 bridgehead atoms. The second kappa shape index (κ2) is 5.62. The molecular weight excluding hydrogens is 298 g/mol. The van der Waals surface area contributed by atoms with Gasteiger partial charge >= 0.3 is 0 Å². The molecular formula is C12H14BrN3S. The maximum atomic E-state index is 5.74. The van der Waals surface area contributed by atoms with Gasteiger partial charge in [-0.1, -0.05) is 6.07 Å². The van der Waals surface area contributed by atoms with Crippen LogP contribution in [0.3, 0.4) is 0 Å². The summed E-state index contributed by atoms with van der Waals surface area (Å²) in [5, 5.41) is 6.55. The number of nitrogens with zero attached hydrogens (tertiary/aromatic N) is 1. The van der Waals surface area contributed by atoms with Crippen LogP contribution in [-0.2, 0) is 13.1 Å². The lowest BCUT2D eigenvalue weighted by atomic mass is 10.2. The fourth-order valence-electron chi connectivity index (χ4n) is 1.48. The molecule has 0 aliphatic heterocycles. The minimum Gasteiger partial charge on any atom is -0.398 e. The van der Waals surface area contributed by atoms with Gasteiger partial charge in [0.2, 0.25) is 0 Å². The van der Waals surface area contributed by atoms with Crippen LogP contribution in [0.4, 0.5) is 5.69 Å². The van der Waals surface area contributed by atoms with E-state index in [0.29, 0.717) is 0 Å². The molecule has 0 fully saturated rings. The summed E-state index contributed by atoms with van der Waals surface area (Å²) in [5.41, 5.74) is 8.80. The predicted molar refractivity (Wildman–Crippen MR) is 75.9 cm³/mol. The lowest BCUT2D eigenvalue weighted by Gasteiger charge is -2.05. The Kier molecular flexibility index (Phi) is 4.15. The molecule has 0 amide bonds. The second-order valence-electron chi connectivity index (χ2n) is 3.84. The van der Waals surface area contributed by atoms with E-state index in [1.807, 2.05) is 25.1 Å². The van der Waals surface area contributed by atoms with Gasteiger partial charge in [0, 0.05) is 34.3 Å². The van der Waals surface area contributed by atoms with Gasteiger partial charge in [-0.25, -0.2) is 4.98 Å². The summed E-state index contributed by atoms with van der Waals surface area (Å²) in [5.74, 6) is 0. The highest BCUT2D eigenvalue weighted by Crippen LogP contribution is 2.20. The molecule has 0 atom stereocenters. The third-order valence-electron chi connectivity index (χ3n) is 2.34. The highest BCUT2D eigenvalue weighted by Gasteiger charge is 2.00. The molecule has 3 nitrogen and oxygen atoms in total. The summed E-state index contributed by atoms with van der Waals surface area (Å²) < 4.78 is 0.946. The smallest absolute Gasteiger partial charge is 0.107 e. The van der Waals surface area contributed by atoms with Crippen LogP contribution in [0.15, 0.2) is 28.1 Å². The third kappa shape index (κ3) is 3.52. The van der Waals surface area contributed by atoms with Crippen LogP contribution in [0, 0.1) is 6.92 Å². The van der Waals surface area contributed by atoms with Gasteiger partial charge < -0.3 is 11.1 Å². The zero-order valence-electron chi connectivity index (χ0n) is 9.53. The molecule has 0 saturated heterocycles. The fourth-order valence-corrected chi connectivity index (χ4v) is 2.65. The first kappa shape index (κ1) is 12.5. The minimum atomic E-state index is 0.768. The van der Waals surface area contributed by atoms with Crippen molar-refractivity contribution in [2.75, 3.05) is 5.73 Å². The summed E-state index contributed by atoms with van der Waals surface area (Å²) in [6, 6.07) is 5.98. The van der Waals surface area contributed by atoms with Crippen LogP contribution >= 0.6 is 27.3 Å². The topological polar surface area (TPSA) is 50.9 Å². The number of hydrogen-bond acceptors (Lipinski definition) is 4. The Bertz CT molecular complexity index is 510. The molecule has 0 radical (unpaired) electrons. The van der Waals surface area contributed by atoms with Gasteiger partial charge in [-0.2, -0.15) is 0 Å².